The Labute approximate surface area is 94.8 Å². The van der Waals surface area contributed by atoms with Gasteiger partial charge in [0.05, 0.1) is 0 Å². The lowest BCUT2D eigenvalue weighted by Gasteiger charge is -2.31. The highest BCUT2D eigenvalue weighted by Crippen LogP contribution is 2.17. The minimum Gasteiger partial charge on any atom is -0.331 e. The van der Waals surface area contributed by atoms with Crippen molar-refractivity contribution in [3.63, 3.8) is 0 Å². The molecule has 1 aliphatic rings. The minimum absolute atomic E-state index is 0.119. The minimum atomic E-state index is -0.171. The van der Waals surface area contributed by atoms with E-state index in [1.165, 1.54) is 26.2 Å². The van der Waals surface area contributed by atoms with Gasteiger partial charge in [0.2, 0.25) is 5.78 Å². The third kappa shape index (κ3) is 2.47. The molecule has 0 saturated carbocycles. The number of ketones is 1. The van der Waals surface area contributed by atoms with Crippen LogP contribution in [0.3, 0.4) is 0 Å². The van der Waals surface area contributed by atoms with Gasteiger partial charge in [-0.05, 0) is 26.4 Å². The van der Waals surface area contributed by atoms with E-state index in [4.69, 9.17) is 4.52 Å². The van der Waals surface area contributed by atoms with E-state index in [2.05, 4.69) is 22.1 Å². The van der Waals surface area contributed by atoms with Crippen molar-refractivity contribution in [2.45, 2.75) is 38.6 Å². The van der Waals surface area contributed by atoms with Gasteiger partial charge in [0.25, 0.3) is 5.89 Å². The summed E-state index contributed by atoms with van der Waals surface area (Å²) >= 11 is 0. The second kappa shape index (κ2) is 4.74. The molecular weight excluding hydrogens is 206 g/mol. The fourth-order valence-corrected chi connectivity index (χ4v) is 2.09. The first-order valence-corrected chi connectivity index (χ1v) is 5.70. The number of piperidine rings is 1. The summed E-state index contributed by atoms with van der Waals surface area (Å²) in [5, 5.41) is 3.83. The van der Waals surface area contributed by atoms with Crippen molar-refractivity contribution in [3.8, 4) is 0 Å². The van der Waals surface area contributed by atoms with Crippen LogP contribution in [0.1, 0.15) is 42.7 Å². The van der Waals surface area contributed by atoms with Gasteiger partial charge in [-0.15, -0.1) is 0 Å². The highest BCUT2D eigenvalue weighted by atomic mass is 16.5. The van der Waals surface area contributed by atoms with Crippen LogP contribution in [-0.2, 0) is 6.42 Å². The summed E-state index contributed by atoms with van der Waals surface area (Å²) < 4.78 is 4.87. The number of carbonyl (C=O) groups excluding carboxylic acids is 1. The number of likely N-dealkylation sites (N-methyl/N-ethyl adjacent to an activating group) is 1. The molecule has 2 rings (SSSR count). The highest BCUT2D eigenvalue weighted by Gasteiger charge is 2.21. The van der Waals surface area contributed by atoms with E-state index in [0.29, 0.717) is 11.9 Å². The Bertz CT molecular complexity index is 375. The summed E-state index contributed by atoms with van der Waals surface area (Å²) in [4.78, 5) is 17.4. The molecule has 16 heavy (non-hydrogen) atoms. The molecule has 1 fully saturated rings. The Kier molecular flexibility index (Phi) is 3.33. The van der Waals surface area contributed by atoms with E-state index in [0.717, 1.165) is 13.0 Å². The molecule has 0 bridgehead atoms. The zero-order valence-electron chi connectivity index (χ0n) is 9.77. The van der Waals surface area contributed by atoms with Gasteiger partial charge >= 0.3 is 0 Å². The van der Waals surface area contributed by atoms with Gasteiger partial charge in [-0.1, -0.05) is 11.6 Å². The van der Waals surface area contributed by atoms with Crippen molar-refractivity contribution >= 4 is 5.78 Å². The molecular formula is C11H17N3O2. The zero-order valence-corrected chi connectivity index (χ0v) is 9.77. The lowest BCUT2D eigenvalue weighted by Crippen LogP contribution is -2.37. The molecule has 1 aromatic heterocycles. The monoisotopic (exact) mass is 223 g/mol. The van der Waals surface area contributed by atoms with Gasteiger partial charge in [-0.3, -0.25) is 4.79 Å². The van der Waals surface area contributed by atoms with Crippen LogP contribution in [0.5, 0.6) is 0 Å². The van der Waals surface area contributed by atoms with E-state index in [-0.39, 0.29) is 11.7 Å². The molecule has 1 aromatic rings. The second-order valence-corrected chi connectivity index (χ2v) is 4.41. The Morgan fingerprint density at radius 3 is 3.00 bits per heavy atom. The number of rotatable bonds is 3. The highest BCUT2D eigenvalue weighted by molar-refractivity contribution is 5.89. The molecule has 1 saturated heterocycles. The lowest BCUT2D eigenvalue weighted by molar-refractivity contribution is 0.0972. The van der Waals surface area contributed by atoms with Crippen LogP contribution in [0.2, 0.25) is 0 Å². The molecule has 88 valence electrons. The summed E-state index contributed by atoms with van der Waals surface area (Å²) in [5.41, 5.74) is 0. The van der Waals surface area contributed by atoms with Crippen LogP contribution in [0.4, 0.5) is 0 Å². The van der Waals surface area contributed by atoms with Gasteiger partial charge < -0.3 is 9.42 Å². The molecule has 5 nitrogen and oxygen atoms in total. The Morgan fingerprint density at radius 2 is 2.38 bits per heavy atom. The smallest absolute Gasteiger partial charge is 0.293 e. The van der Waals surface area contributed by atoms with Crippen molar-refractivity contribution in [1.82, 2.24) is 15.0 Å². The summed E-state index contributed by atoms with van der Waals surface area (Å²) in [6.45, 7) is 2.56. The van der Waals surface area contributed by atoms with Gasteiger partial charge in [0.15, 0.2) is 5.82 Å². The maximum absolute atomic E-state index is 11.0. The van der Waals surface area contributed by atoms with E-state index in [1.807, 2.05) is 0 Å². The molecule has 1 aliphatic heterocycles. The van der Waals surface area contributed by atoms with Crippen LogP contribution in [0.15, 0.2) is 4.52 Å². The van der Waals surface area contributed by atoms with E-state index in [1.54, 1.807) is 0 Å². The second-order valence-electron chi connectivity index (χ2n) is 4.41. The zero-order chi connectivity index (χ0) is 11.5. The van der Waals surface area contributed by atoms with Gasteiger partial charge in [0.1, 0.15) is 0 Å². The Morgan fingerprint density at radius 1 is 1.56 bits per heavy atom. The number of likely N-dealkylation sites (tertiary alicyclic amines) is 1. The largest absolute Gasteiger partial charge is 0.331 e. The van der Waals surface area contributed by atoms with Gasteiger partial charge in [0, 0.05) is 19.4 Å². The average molecular weight is 223 g/mol. The molecule has 0 spiro atoms. The molecule has 2 heterocycles. The molecule has 1 atom stereocenters. The summed E-state index contributed by atoms with van der Waals surface area (Å²) in [6.07, 6.45) is 4.46. The standard InChI is InChI=1S/C11H17N3O2/c1-8(15)11-12-10(13-16-11)7-9-5-3-4-6-14(9)2/h9H,3-7H2,1-2H3. The normalized spacial score (nSPS) is 22.2. The quantitative estimate of drug-likeness (QED) is 0.723. The fourth-order valence-electron chi connectivity index (χ4n) is 2.09. The van der Waals surface area contributed by atoms with E-state index >= 15 is 0 Å². The molecule has 1 unspecified atom stereocenters. The number of hydrogen-bond donors (Lipinski definition) is 0. The molecule has 0 amide bonds. The number of aromatic nitrogens is 2. The number of carbonyl (C=O) groups is 1. The summed E-state index contributed by atoms with van der Waals surface area (Å²) in [7, 11) is 2.12. The van der Waals surface area contributed by atoms with Crippen LogP contribution in [0.25, 0.3) is 0 Å². The topological polar surface area (TPSA) is 59.2 Å². The van der Waals surface area contributed by atoms with Crippen molar-refractivity contribution in [2.75, 3.05) is 13.6 Å². The Hall–Kier alpha value is -1.23. The first kappa shape index (κ1) is 11.3. The van der Waals surface area contributed by atoms with Crippen molar-refractivity contribution in [1.29, 1.82) is 0 Å². The Balaban J connectivity index is 1.99. The first-order chi connectivity index (χ1) is 7.66. The third-order valence-electron chi connectivity index (χ3n) is 3.11. The molecule has 0 aliphatic carbocycles. The van der Waals surface area contributed by atoms with Crippen molar-refractivity contribution in [3.05, 3.63) is 11.7 Å². The molecule has 0 radical (unpaired) electrons. The maximum Gasteiger partial charge on any atom is 0.293 e. The third-order valence-corrected chi connectivity index (χ3v) is 3.11. The van der Waals surface area contributed by atoms with Crippen LogP contribution < -0.4 is 0 Å². The molecule has 0 N–H and O–H groups in total. The number of Topliss-reactive ketones (excluding diaryl/α,β-unsaturated/α-hetero) is 1. The molecule has 0 aromatic carbocycles. The average Bonchev–Trinajstić information content (AvgIpc) is 2.70. The van der Waals surface area contributed by atoms with Gasteiger partial charge in [-0.2, -0.15) is 4.98 Å². The summed E-state index contributed by atoms with van der Waals surface area (Å²) in [5.74, 6) is 0.591. The van der Waals surface area contributed by atoms with Gasteiger partial charge in [-0.25, -0.2) is 0 Å². The van der Waals surface area contributed by atoms with Crippen LogP contribution >= 0.6 is 0 Å². The fraction of sp³-hybridized carbons (Fsp3) is 0.727. The van der Waals surface area contributed by atoms with Crippen LogP contribution in [-0.4, -0.2) is 40.5 Å². The van der Waals surface area contributed by atoms with E-state index < -0.39 is 0 Å². The SMILES string of the molecule is CC(=O)c1nc(CC2CCCCN2C)no1. The maximum atomic E-state index is 11.0. The number of nitrogens with zero attached hydrogens (tertiary/aromatic N) is 3. The first-order valence-electron chi connectivity index (χ1n) is 5.70. The number of hydrogen-bond acceptors (Lipinski definition) is 5. The summed E-state index contributed by atoms with van der Waals surface area (Å²) in [6, 6.07) is 0.478. The van der Waals surface area contributed by atoms with Crippen molar-refractivity contribution < 1.29 is 9.32 Å². The predicted molar refractivity (Wildman–Crippen MR) is 58.3 cm³/mol. The predicted octanol–water partition coefficient (Wildman–Crippen LogP) is 1.30. The molecule has 5 heteroatoms. The van der Waals surface area contributed by atoms with Crippen molar-refractivity contribution in [2.24, 2.45) is 0 Å². The van der Waals surface area contributed by atoms with Crippen LogP contribution in [0, 0.1) is 0 Å². The van der Waals surface area contributed by atoms with E-state index in [9.17, 15) is 4.79 Å². The lowest BCUT2D eigenvalue weighted by atomic mass is 10.00.